The van der Waals surface area contributed by atoms with E-state index in [0.717, 1.165) is 22.0 Å². The number of hydrogen-bond donors (Lipinski definition) is 1. The number of rotatable bonds is 3. The van der Waals surface area contributed by atoms with Gasteiger partial charge in [-0.1, -0.05) is 30.3 Å². The molecule has 0 aliphatic heterocycles. The summed E-state index contributed by atoms with van der Waals surface area (Å²) in [4.78, 5) is 5.46. The fourth-order valence-corrected chi connectivity index (χ4v) is 2.51. The Morgan fingerprint density at radius 1 is 1.17 bits per heavy atom. The van der Waals surface area contributed by atoms with Gasteiger partial charge in [-0.2, -0.15) is 5.10 Å². The second-order valence-corrected chi connectivity index (χ2v) is 4.61. The predicted octanol–water partition coefficient (Wildman–Crippen LogP) is 3.21. The second kappa shape index (κ2) is 4.62. The summed E-state index contributed by atoms with van der Waals surface area (Å²) in [5.74, 6) is 2.25. The average Bonchev–Trinajstić information content (AvgIpc) is 3.08. The highest BCUT2D eigenvalue weighted by atomic mass is 32.1. The summed E-state index contributed by atoms with van der Waals surface area (Å²) in [6.45, 7) is 0. The van der Waals surface area contributed by atoms with Crippen LogP contribution < -0.4 is 4.74 Å². The van der Waals surface area contributed by atoms with Gasteiger partial charge in [0.05, 0.1) is 7.11 Å². The number of nitrogens with one attached hydrogen (secondary N) is 1. The van der Waals surface area contributed by atoms with E-state index in [4.69, 9.17) is 4.74 Å². The van der Waals surface area contributed by atoms with Crippen LogP contribution in [0.4, 0.5) is 0 Å². The van der Waals surface area contributed by atoms with Gasteiger partial charge in [0.15, 0.2) is 11.6 Å². The fourth-order valence-electron chi connectivity index (χ4n) is 1.71. The van der Waals surface area contributed by atoms with Gasteiger partial charge in [-0.15, -0.1) is 11.3 Å². The average molecular weight is 257 g/mol. The van der Waals surface area contributed by atoms with Gasteiger partial charge in [-0.25, -0.2) is 4.98 Å². The van der Waals surface area contributed by atoms with Crippen LogP contribution in [0.2, 0.25) is 0 Å². The van der Waals surface area contributed by atoms with Gasteiger partial charge in [0.1, 0.15) is 10.6 Å². The van der Waals surface area contributed by atoms with Gasteiger partial charge >= 0.3 is 0 Å². The topological polar surface area (TPSA) is 50.8 Å². The first-order chi connectivity index (χ1) is 8.88. The van der Waals surface area contributed by atoms with E-state index in [-0.39, 0.29) is 0 Å². The summed E-state index contributed by atoms with van der Waals surface area (Å²) in [6, 6.07) is 11.8. The van der Waals surface area contributed by atoms with E-state index in [1.165, 1.54) is 0 Å². The van der Waals surface area contributed by atoms with E-state index in [1.54, 1.807) is 18.4 Å². The highest BCUT2D eigenvalue weighted by molar-refractivity contribution is 7.13. The van der Waals surface area contributed by atoms with E-state index in [2.05, 4.69) is 15.2 Å². The highest BCUT2D eigenvalue weighted by Crippen LogP contribution is 2.33. The molecule has 18 heavy (non-hydrogen) atoms. The molecule has 0 radical (unpaired) electrons. The maximum absolute atomic E-state index is 5.28. The summed E-state index contributed by atoms with van der Waals surface area (Å²) >= 11 is 1.58. The Bertz CT molecular complexity index is 645. The molecule has 0 aliphatic rings. The molecule has 0 amide bonds. The smallest absolute Gasteiger partial charge is 0.181 e. The Morgan fingerprint density at radius 2 is 2.00 bits per heavy atom. The molecule has 3 aromatic rings. The molecular weight excluding hydrogens is 246 g/mol. The lowest BCUT2D eigenvalue weighted by Gasteiger charge is -1.97. The number of thiophene rings is 1. The molecule has 0 saturated carbocycles. The minimum absolute atomic E-state index is 0.695. The molecule has 0 saturated heterocycles. The van der Waals surface area contributed by atoms with Crippen LogP contribution >= 0.6 is 11.3 Å². The Balaban J connectivity index is 2.00. The van der Waals surface area contributed by atoms with Crippen LogP contribution in [0.5, 0.6) is 5.75 Å². The SMILES string of the molecule is COc1ccsc1-c1nc(-c2ccccc2)n[nH]1. The van der Waals surface area contributed by atoms with E-state index < -0.39 is 0 Å². The molecule has 0 spiro atoms. The number of methoxy groups -OCH3 is 1. The number of benzene rings is 1. The first-order valence-electron chi connectivity index (χ1n) is 5.48. The van der Waals surface area contributed by atoms with Crippen LogP contribution in [-0.2, 0) is 0 Å². The number of aromatic amines is 1. The lowest BCUT2D eigenvalue weighted by atomic mass is 10.2. The Labute approximate surface area is 108 Å². The van der Waals surface area contributed by atoms with Crippen molar-refractivity contribution in [2.45, 2.75) is 0 Å². The molecular formula is C13H11N3OS. The van der Waals surface area contributed by atoms with Crippen molar-refractivity contribution < 1.29 is 4.74 Å². The van der Waals surface area contributed by atoms with Gasteiger partial charge in [0.2, 0.25) is 0 Å². The molecule has 0 fully saturated rings. The van der Waals surface area contributed by atoms with Crippen LogP contribution in [0.1, 0.15) is 0 Å². The molecule has 90 valence electrons. The molecule has 2 aromatic heterocycles. The van der Waals surface area contributed by atoms with Crippen molar-refractivity contribution in [1.82, 2.24) is 15.2 Å². The third-order valence-electron chi connectivity index (χ3n) is 2.58. The molecule has 0 bridgehead atoms. The summed E-state index contributed by atoms with van der Waals surface area (Å²) < 4.78 is 5.28. The maximum Gasteiger partial charge on any atom is 0.181 e. The monoisotopic (exact) mass is 257 g/mol. The lowest BCUT2D eigenvalue weighted by molar-refractivity contribution is 0.418. The van der Waals surface area contributed by atoms with E-state index in [1.807, 2.05) is 41.8 Å². The second-order valence-electron chi connectivity index (χ2n) is 3.69. The van der Waals surface area contributed by atoms with Crippen molar-refractivity contribution in [3.63, 3.8) is 0 Å². The van der Waals surface area contributed by atoms with Crippen LogP contribution in [0.25, 0.3) is 22.1 Å². The van der Waals surface area contributed by atoms with Crippen LogP contribution in [0, 0.1) is 0 Å². The minimum Gasteiger partial charge on any atom is -0.495 e. The van der Waals surface area contributed by atoms with Crippen molar-refractivity contribution in [2.75, 3.05) is 7.11 Å². The molecule has 5 heteroatoms. The molecule has 2 heterocycles. The summed E-state index contributed by atoms with van der Waals surface area (Å²) in [5, 5.41) is 9.15. The van der Waals surface area contributed by atoms with E-state index in [9.17, 15) is 0 Å². The van der Waals surface area contributed by atoms with Crippen molar-refractivity contribution in [3.8, 4) is 27.8 Å². The standard InChI is InChI=1S/C13H11N3OS/c1-17-10-7-8-18-11(10)13-14-12(15-16-13)9-5-3-2-4-6-9/h2-8H,1H3,(H,14,15,16). The molecule has 1 aromatic carbocycles. The number of ether oxygens (including phenoxy) is 1. The molecule has 0 unspecified atom stereocenters. The van der Waals surface area contributed by atoms with Crippen LogP contribution in [0.15, 0.2) is 41.8 Å². The van der Waals surface area contributed by atoms with Gasteiger partial charge in [0, 0.05) is 5.56 Å². The van der Waals surface area contributed by atoms with E-state index in [0.29, 0.717) is 5.82 Å². The Hall–Kier alpha value is -2.14. The van der Waals surface area contributed by atoms with Gasteiger partial charge in [-0.3, -0.25) is 5.10 Å². The zero-order chi connectivity index (χ0) is 12.4. The Morgan fingerprint density at radius 3 is 2.78 bits per heavy atom. The number of hydrogen-bond acceptors (Lipinski definition) is 4. The van der Waals surface area contributed by atoms with Crippen molar-refractivity contribution >= 4 is 11.3 Å². The number of aromatic nitrogens is 3. The van der Waals surface area contributed by atoms with Crippen molar-refractivity contribution in [2.24, 2.45) is 0 Å². The van der Waals surface area contributed by atoms with E-state index >= 15 is 0 Å². The van der Waals surface area contributed by atoms with Crippen LogP contribution in [-0.4, -0.2) is 22.3 Å². The fraction of sp³-hybridized carbons (Fsp3) is 0.0769. The summed E-state index contributed by atoms with van der Waals surface area (Å²) in [5.41, 5.74) is 0.996. The summed E-state index contributed by atoms with van der Waals surface area (Å²) in [7, 11) is 1.65. The lowest BCUT2D eigenvalue weighted by Crippen LogP contribution is -1.84. The van der Waals surface area contributed by atoms with Crippen molar-refractivity contribution in [3.05, 3.63) is 41.8 Å². The van der Waals surface area contributed by atoms with Gasteiger partial charge in [-0.05, 0) is 11.4 Å². The van der Waals surface area contributed by atoms with Gasteiger partial charge < -0.3 is 4.74 Å². The Kier molecular flexibility index (Phi) is 2.82. The third kappa shape index (κ3) is 1.89. The quantitative estimate of drug-likeness (QED) is 0.783. The van der Waals surface area contributed by atoms with Crippen molar-refractivity contribution in [1.29, 1.82) is 0 Å². The zero-order valence-corrected chi connectivity index (χ0v) is 10.6. The zero-order valence-electron chi connectivity index (χ0n) is 9.75. The first-order valence-corrected chi connectivity index (χ1v) is 6.36. The van der Waals surface area contributed by atoms with Gasteiger partial charge in [0.25, 0.3) is 0 Å². The highest BCUT2D eigenvalue weighted by Gasteiger charge is 2.12. The normalized spacial score (nSPS) is 10.5. The maximum atomic E-state index is 5.28. The first kappa shape index (κ1) is 11.0. The molecule has 3 rings (SSSR count). The molecule has 4 nitrogen and oxygen atoms in total. The number of nitrogens with zero attached hydrogens (tertiary/aromatic N) is 2. The summed E-state index contributed by atoms with van der Waals surface area (Å²) in [6.07, 6.45) is 0. The third-order valence-corrected chi connectivity index (χ3v) is 3.48. The molecule has 0 aliphatic carbocycles. The predicted molar refractivity (Wildman–Crippen MR) is 71.7 cm³/mol. The number of H-pyrrole nitrogens is 1. The largest absolute Gasteiger partial charge is 0.495 e. The van der Waals surface area contributed by atoms with Crippen LogP contribution in [0.3, 0.4) is 0 Å². The molecule has 1 N–H and O–H groups in total. The molecule has 0 atom stereocenters. The minimum atomic E-state index is 0.695.